The first-order valence-corrected chi connectivity index (χ1v) is 4.80. The number of benzene rings is 1. The molecule has 0 amide bonds. The molecule has 16 heavy (non-hydrogen) atoms. The lowest BCUT2D eigenvalue weighted by molar-refractivity contribution is 0.101. The summed E-state index contributed by atoms with van der Waals surface area (Å²) in [5.74, 6) is -0.392. The third kappa shape index (κ3) is 2.31. The molecule has 0 saturated heterocycles. The second-order valence-electron chi connectivity index (χ2n) is 3.48. The molecular formula is C11H10FN3O. The predicted octanol–water partition coefficient (Wildman–Crippen LogP) is 1.67. The normalized spacial score (nSPS) is 10.4. The molecule has 2 rings (SSSR count). The SMILES string of the molecule is CC(=O)c1cn(Cc2ccc(F)cc2)nn1. The van der Waals surface area contributed by atoms with E-state index in [1.54, 1.807) is 23.0 Å². The minimum Gasteiger partial charge on any atom is -0.293 e. The maximum absolute atomic E-state index is 12.7. The molecule has 0 saturated carbocycles. The first-order chi connectivity index (χ1) is 7.65. The number of carbonyl (C=O) groups excluding carboxylic acids is 1. The first kappa shape index (κ1) is 10.5. The number of aromatic nitrogens is 3. The summed E-state index contributed by atoms with van der Waals surface area (Å²) in [4.78, 5) is 11.0. The molecule has 82 valence electrons. The van der Waals surface area contributed by atoms with Crippen molar-refractivity contribution in [2.75, 3.05) is 0 Å². The van der Waals surface area contributed by atoms with Gasteiger partial charge in [-0.25, -0.2) is 9.07 Å². The van der Waals surface area contributed by atoms with Crippen molar-refractivity contribution in [3.63, 3.8) is 0 Å². The van der Waals surface area contributed by atoms with Gasteiger partial charge in [0.1, 0.15) is 11.5 Å². The highest BCUT2D eigenvalue weighted by Crippen LogP contribution is 2.05. The van der Waals surface area contributed by atoms with Crippen LogP contribution in [-0.2, 0) is 6.54 Å². The van der Waals surface area contributed by atoms with Crippen molar-refractivity contribution in [2.24, 2.45) is 0 Å². The molecule has 0 aliphatic carbocycles. The maximum Gasteiger partial charge on any atom is 0.181 e. The van der Waals surface area contributed by atoms with Gasteiger partial charge in [-0.2, -0.15) is 0 Å². The highest BCUT2D eigenvalue weighted by molar-refractivity contribution is 5.91. The Balaban J connectivity index is 2.14. The number of carbonyl (C=O) groups is 1. The Morgan fingerprint density at radius 1 is 1.38 bits per heavy atom. The summed E-state index contributed by atoms with van der Waals surface area (Å²) in [6.45, 7) is 1.91. The minimum atomic E-state index is -0.272. The van der Waals surface area contributed by atoms with Gasteiger partial charge in [0.2, 0.25) is 0 Å². The number of ketones is 1. The van der Waals surface area contributed by atoms with Crippen LogP contribution in [0.3, 0.4) is 0 Å². The third-order valence-corrected chi connectivity index (χ3v) is 2.16. The standard InChI is InChI=1S/C11H10FN3O/c1-8(16)11-7-15(14-13-11)6-9-2-4-10(12)5-3-9/h2-5,7H,6H2,1H3. The van der Waals surface area contributed by atoms with Crippen LogP contribution in [0.15, 0.2) is 30.5 Å². The van der Waals surface area contributed by atoms with E-state index >= 15 is 0 Å². The monoisotopic (exact) mass is 219 g/mol. The van der Waals surface area contributed by atoms with Crippen LogP contribution in [0.1, 0.15) is 23.0 Å². The molecule has 0 N–H and O–H groups in total. The van der Waals surface area contributed by atoms with E-state index in [1.807, 2.05) is 0 Å². The van der Waals surface area contributed by atoms with Gasteiger partial charge in [-0.05, 0) is 17.7 Å². The minimum absolute atomic E-state index is 0.120. The van der Waals surface area contributed by atoms with Crippen LogP contribution < -0.4 is 0 Å². The molecule has 0 radical (unpaired) electrons. The smallest absolute Gasteiger partial charge is 0.181 e. The largest absolute Gasteiger partial charge is 0.293 e. The van der Waals surface area contributed by atoms with Gasteiger partial charge in [0, 0.05) is 6.92 Å². The Morgan fingerprint density at radius 2 is 2.06 bits per heavy atom. The van der Waals surface area contributed by atoms with Gasteiger partial charge in [-0.15, -0.1) is 5.10 Å². The summed E-state index contributed by atoms with van der Waals surface area (Å²) in [6.07, 6.45) is 1.58. The highest BCUT2D eigenvalue weighted by Gasteiger charge is 2.05. The molecule has 0 spiro atoms. The topological polar surface area (TPSA) is 47.8 Å². The van der Waals surface area contributed by atoms with Gasteiger partial charge in [0.25, 0.3) is 0 Å². The van der Waals surface area contributed by atoms with Crippen LogP contribution in [-0.4, -0.2) is 20.8 Å². The Labute approximate surface area is 91.7 Å². The molecule has 0 bridgehead atoms. The lowest BCUT2D eigenvalue weighted by Gasteiger charge is -1.99. The van der Waals surface area contributed by atoms with Gasteiger partial charge in [0.05, 0.1) is 12.7 Å². The maximum atomic E-state index is 12.7. The van der Waals surface area contributed by atoms with E-state index in [9.17, 15) is 9.18 Å². The van der Waals surface area contributed by atoms with Crippen LogP contribution in [0.25, 0.3) is 0 Å². The Morgan fingerprint density at radius 3 is 2.62 bits per heavy atom. The fourth-order valence-corrected chi connectivity index (χ4v) is 1.31. The van der Waals surface area contributed by atoms with Crippen LogP contribution in [0.5, 0.6) is 0 Å². The number of Topliss-reactive ketones (excluding diaryl/α,β-unsaturated/α-hetero) is 1. The Hall–Kier alpha value is -2.04. The van der Waals surface area contributed by atoms with Crippen LogP contribution in [0.4, 0.5) is 4.39 Å². The summed E-state index contributed by atoms with van der Waals surface area (Å²) < 4.78 is 14.2. The molecule has 0 fully saturated rings. The Kier molecular flexibility index (Phi) is 2.76. The second kappa shape index (κ2) is 4.22. The Bertz CT molecular complexity index is 504. The van der Waals surface area contributed by atoms with Crippen molar-refractivity contribution in [3.8, 4) is 0 Å². The fraction of sp³-hybridized carbons (Fsp3) is 0.182. The molecule has 1 aromatic heterocycles. The van der Waals surface area contributed by atoms with E-state index in [4.69, 9.17) is 0 Å². The lowest BCUT2D eigenvalue weighted by Crippen LogP contribution is -2.00. The van der Waals surface area contributed by atoms with E-state index in [0.29, 0.717) is 12.2 Å². The summed E-state index contributed by atoms with van der Waals surface area (Å²) in [7, 11) is 0. The van der Waals surface area contributed by atoms with Crippen molar-refractivity contribution < 1.29 is 9.18 Å². The number of halogens is 1. The van der Waals surface area contributed by atoms with Crippen molar-refractivity contribution in [1.29, 1.82) is 0 Å². The van der Waals surface area contributed by atoms with Crippen LogP contribution in [0.2, 0.25) is 0 Å². The number of hydrogen-bond donors (Lipinski definition) is 0. The van der Waals surface area contributed by atoms with Crippen molar-refractivity contribution in [2.45, 2.75) is 13.5 Å². The molecule has 1 heterocycles. The first-order valence-electron chi connectivity index (χ1n) is 4.80. The van der Waals surface area contributed by atoms with E-state index in [2.05, 4.69) is 10.3 Å². The summed E-state index contributed by atoms with van der Waals surface area (Å²) in [6, 6.07) is 6.12. The summed E-state index contributed by atoms with van der Waals surface area (Å²) >= 11 is 0. The van der Waals surface area contributed by atoms with Gasteiger partial charge in [-0.1, -0.05) is 17.3 Å². The molecule has 0 atom stereocenters. The van der Waals surface area contributed by atoms with E-state index in [-0.39, 0.29) is 11.6 Å². The zero-order chi connectivity index (χ0) is 11.5. The average Bonchev–Trinajstić information content (AvgIpc) is 2.70. The molecule has 4 nitrogen and oxygen atoms in total. The molecule has 1 aromatic carbocycles. The second-order valence-corrected chi connectivity index (χ2v) is 3.48. The van der Waals surface area contributed by atoms with E-state index in [1.165, 1.54) is 19.1 Å². The van der Waals surface area contributed by atoms with Crippen LogP contribution in [0, 0.1) is 5.82 Å². The molecule has 5 heteroatoms. The van der Waals surface area contributed by atoms with E-state index in [0.717, 1.165) is 5.56 Å². The van der Waals surface area contributed by atoms with Crippen LogP contribution >= 0.6 is 0 Å². The van der Waals surface area contributed by atoms with Crippen molar-refractivity contribution >= 4 is 5.78 Å². The molecule has 0 aliphatic heterocycles. The third-order valence-electron chi connectivity index (χ3n) is 2.16. The zero-order valence-corrected chi connectivity index (χ0v) is 8.72. The number of rotatable bonds is 3. The lowest BCUT2D eigenvalue weighted by atomic mass is 10.2. The van der Waals surface area contributed by atoms with Gasteiger partial charge in [0.15, 0.2) is 5.78 Å². The van der Waals surface area contributed by atoms with E-state index < -0.39 is 0 Å². The van der Waals surface area contributed by atoms with Gasteiger partial charge in [-0.3, -0.25) is 4.79 Å². The zero-order valence-electron chi connectivity index (χ0n) is 8.72. The number of nitrogens with zero attached hydrogens (tertiary/aromatic N) is 3. The highest BCUT2D eigenvalue weighted by atomic mass is 19.1. The molecular weight excluding hydrogens is 209 g/mol. The number of hydrogen-bond acceptors (Lipinski definition) is 3. The predicted molar refractivity (Wildman–Crippen MR) is 55.5 cm³/mol. The fourth-order valence-electron chi connectivity index (χ4n) is 1.31. The molecule has 0 unspecified atom stereocenters. The van der Waals surface area contributed by atoms with Crippen molar-refractivity contribution in [3.05, 3.63) is 47.5 Å². The quantitative estimate of drug-likeness (QED) is 0.738. The summed E-state index contributed by atoms with van der Waals surface area (Å²) in [5, 5.41) is 7.53. The van der Waals surface area contributed by atoms with Gasteiger partial charge < -0.3 is 0 Å². The molecule has 0 aliphatic rings. The average molecular weight is 219 g/mol. The van der Waals surface area contributed by atoms with Gasteiger partial charge >= 0.3 is 0 Å². The summed E-state index contributed by atoms with van der Waals surface area (Å²) in [5.41, 5.74) is 1.24. The molecule has 2 aromatic rings. The van der Waals surface area contributed by atoms with Crippen molar-refractivity contribution in [1.82, 2.24) is 15.0 Å².